The summed E-state index contributed by atoms with van der Waals surface area (Å²) in [6, 6.07) is 3.79. The Morgan fingerprint density at radius 3 is 2.66 bits per heavy atom. The minimum atomic E-state index is 0. The van der Waals surface area contributed by atoms with E-state index in [4.69, 9.17) is 25.8 Å². The molecule has 1 aromatic carbocycles. The summed E-state index contributed by atoms with van der Waals surface area (Å²) >= 11 is 6.35. The van der Waals surface area contributed by atoms with Crippen molar-refractivity contribution < 1.29 is 14.2 Å². The molecule has 1 fully saturated rings. The van der Waals surface area contributed by atoms with Crippen molar-refractivity contribution >= 4 is 41.5 Å². The first kappa shape index (κ1) is 26.1. The van der Waals surface area contributed by atoms with Crippen molar-refractivity contribution in [1.29, 1.82) is 0 Å². The van der Waals surface area contributed by atoms with Crippen molar-refractivity contribution in [3.63, 3.8) is 0 Å². The van der Waals surface area contributed by atoms with Gasteiger partial charge in [-0.25, -0.2) is 4.99 Å². The van der Waals surface area contributed by atoms with Crippen LogP contribution in [0.3, 0.4) is 0 Å². The molecule has 2 rings (SSSR count). The van der Waals surface area contributed by atoms with Gasteiger partial charge in [-0.15, -0.1) is 24.0 Å². The van der Waals surface area contributed by atoms with Gasteiger partial charge in [0, 0.05) is 26.2 Å². The molecule has 0 bridgehead atoms. The third kappa shape index (κ3) is 9.15. The van der Waals surface area contributed by atoms with Gasteiger partial charge in [0.25, 0.3) is 0 Å². The first-order valence-corrected chi connectivity index (χ1v) is 10.4. The lowest BCUT2D eigenvalue weighted by atomic mass is 10.2. The molecule has 1 aliphatic heterocycles. The Labute approximate surface area is 196 Å². The van der Waals surface area contributed by atoms with Gasteiger partial charge in [-0.05, 0) is 44.5 Å². The van der Waals surface area contributed by atoms with Crippen LogP contribution in [-0.2, 0) is 11.3 Å². The van der Waals surface area contributed by atoms with Gasteiger partial charge in [-0.3, -0.25) is 4.90 Å². The van der Waals surface area contributed by atoms with Gasteiger partial charge in [0.05, 0.1) is 38.5 Å². The fraction of sp³-hybridized carbons (Fsp3) is 0.650. The molecule has 1 saturated heterocycles. The molecule has 1 aliphatic rings. The lowest BCUT2D eigenvalue weighted by Crippen LogP contribution is -2.40. The van der Waals surface area contributed by atoms with E-state index in [1.807, 2.05) is 19.1 Å². The van der Waals surface area contributed by atoms with Crippen LogP contribution in [0.1, 0.15) is 25.8 Å². The largest absolute Gasteiger partial charge is 0.493 e. The minimum Gasteiger partial charge on any atom is -0.493 e. The van der Waals surface area contributed by atoms with Gasteiger partial charge in [-0.1, -0.05) is 11.6 Å². The standard InChI is InChI=1S/C20H33ClN4O3.HI/c1-4-22-20(23-7-6-8-25-9-11-27-12-10-25)24-15-16-13-17(21)19(28-5-2)18(14-16)26-3;/h13-14H,4-12,15H2,1-3H3,(H2,22,23,24);1H. The van der Waals surface area contributed by atoms with Crippen LogP contribution < -0.4 is 20.1 Å². The molecule has 166 valence electrons. The van der Waals surface area contributed by atoms with E-state index >= 15 is 0 Å². The molecule has 0 unspecified atom stereocenters. The van der Waals surface area contributed by atoms with Crippen molar-refractivity contribution in [2.45, 2.75) is 26.8 Å². The summed E-state index contributed by atoms with van der Waals surface area (Å²) in [5, 5.41) is 7.22. The van der Waals surface area contributed by atoms with Crippen LogP contribution >= 0.6 is 35.6 Å². The van der Waals surface area contributed by atoms with Crippen LogP contribution in [0.25, 0.3) is 0 Å². The van der Waals surface area contributed by atoms with Gasteiger partial charge in [-0.2, -0.15) is 0 Å². The SMILES string of the molecule is CCNC(=NCc1cc(Cl)c(OCC)c(OC)c1)NCCCN1CCOCC1.I. The van der Waals surface area contributed by atoms with E-state index in [0.29, 0.717) is 29.7 Å². The van der Waals surface area contributed by atoms with E-state index in [2.05, 4.69) is 27.4 Å². The predicted octanol–water partition coefficient (Wildman–Crippen LogP) is 3.14. The van der Waals surface area contributed by atoms with Gasteiger partial charge in [0.2, 0.25) is 0 Å². The number of hydrogen-bond donors (Lipinski definition) is 2. The fourth-order valence-corrected chi connectivity index (χ4v) is 3.28. The van der Waals surface area contributed by atoms with E-state index in [0.717, 1.165) is 63.9 Å². The number of methoxy groups -OCH3 is 1. The van der Waals surface area contributed by atoms with Crippen molar-refractivity contribution in [2.75, 3.05) is 59.7 Å². The third-order valence-corrected chi connectivity index (χ3v) is 4.67. The molecular formula is C20H34ClIN4O3. The number of rotatable bonds is 10. The van der Waals surface area contributed by atoms with E-state index in [1.54, 1.807) is 7.11 Å². The molecular weight excluding hydrogens is 507 g/mol. The fourth-order valence-electron chi connectivity index (χ4n) is 3.00. The summed E-state index contributed by atoms with van der Waals surface area (Å²) in [4.78, 5) is 7.10. The molecule has 0 saturated carbocycles. The Bertz CT molecular complexity index is 628. The molecule has 1 aromatic rings. The lowest BCUT2D eigenvalue weighted by Gasteiger charge is -2.26. The average Bonchev–Trinajstić information content (AvgIpc) is 2.71. The van der Waals surface area contributed by atoms with Crippen molar-refractivity contribution in [2.24, 2.45) is 4.99 Å². The molecule has 0 aliphatic carbocycles. The number of morpholine rings is 1. The normalized spacial score (nSPS) is 14.8. The topological polar surface area (TPSA) is 67.4 Å². The molecule has 9 heteroatoms. The maximum Gasteiger partial charge on any atom is 0.191 e. The van der Waals surface area contributed by atoms with E-state index < -0.39 is 0 Å². The Morgan fingerprint density at radius 2 is 2.00 bits per heavy atom. The molecule has 29 heavy (non-hydrogen) atoms. The van der Waals surface area contributed by atoms with Gasteiger partial charge in [0.15, 0.2) is 17.5 Å². The number of benzene rings is 1. The first-order valence-electron chi connectivity index (χ1n) is 9.99. The van der Waals surface area contributed by atoms with Crippen molar-refractivity contribution in [3.8, 4) is 11.5 Å². The molecule has 0 radical (unpaired) electrons. The lowest BCUT2D eigenvalue weighted by molar-refractivity contribution is 0.0376. The second-order valence-corrected chi connectivity index (χ2v) is 6.88. The number of aliphatic imine (C=N–C) groups is 1. The summed E-state index contributed by atoms with van der Waals surface area (Å²) in [6.07, 6.45) is 1.06. The van der Waals surface area contributed by atoms with Crippen LogP contribution in [0.4, 0.5) is 0 Å². The molecule has 0 aromatic heterocycles. The number of ether oxygens (including phenoxy) is 3. The second kappa shape index (κ2) is 14.9. The molecule has 0 amide bonds. The van der Waals surface area contributed by atoms with Gasteiger partial charge in [0.1, 0.15) is 0 Å². The second-order valence-electron chi connectivity index (χ2n) is 6.47. The Morgan fingerprint density at radius 1 is 1.24 bits per heavy atom. The highest BCUT2D eigenvalue weighted by molar-refractivity contribution is 14.0. The Balaban J connectivity index is 0.00000420. The van der Waals surface area contributed by atoms with Gasteiger partial charge >= 0.3 is 0 Å². The van der Waals surface area contributed by atoms with E-state index in [9.17, 15) is 0 Å². The zero-order chi connectivity index (χ0) is 20.2. The maximum atomic E-state index is 6.35. The zero-order valence-electron chi connectivity index (χ0n) is 17.6. The van der Waals surface area contributed by atoms with Crippen LogP contribution in [0, 0.1) is 0 Å². The summed E-state index contributed by atoms with van der Waals surface area (Å²) in [7, 11) is 1.61. The molecule has 1 heterocycles. The quantitative estimate of drug-likeness (QED) is 0.206. The van der Waals surface area contributed by atoms with Crippen LogP contribution in [0.5, 0.6) is 11.5 Å². The van der Waals surface area contributed by atoms with Crippen LogP contribution in [0.2, 0.25) is 5.02 Å². The molecule has 0 spiro atoms. The maximum absolute atomic E-state index is 6.35. The summed E-state index contributed by atoms with van der Waals surface area (Å²) in [6.45, 7) is 11.5. The third-order valence-electron chi connectivity index (χ3n) is 4.39. The van der Waals surface area contributed by atoms with E-state index in [1.165, 1.54) is 0 Å². The van der Waals surface area contributed by atoms with Crippen LogP contribution in [0.15, 0.2) is 17.1 Å². The number of halogens is 2. The number of nitrogens with one attached hydrogen (secondary N) is 2. The summed E-state index contributed by atoms with van der Waals surface area (Å²) in [5.41, 5.74) is 0.968. The van der Waals surface area contributed by atoms with Gasteiger partial charge < -0.3 is 24.8 Å². The highest BCUT2D eigenvalue weighted by atomic mass is 127. The highest BCUT2D eigenvalue weighted by Crippen LogP contribution is 2.36. The zero-order valence-corrected chi connectivity index (χ0v) is 20.7. The monoisotopic (exact) mass is 540 g/mol. The molecule has 2 N–H and O–H groups in total. The highest BCUT2D eigenvalue weighted by Gasteiger charge is 2.12. The average molecular weight is 541 g/mol. The van der Waals surface area contributed by atoms with Crippen molar-refractivity contribution in [3.05, 3.63) is 22.7 Å². The molecule has 7 nitrogen and oxygen atoms in total. The minimum absolute atomic E-state index is 0. The summed E-state index contributed by atoms with van der Waals surface area (Å²) < 4.78 is 16.4. The van der Waals surface area contributed by atoms with Crippen molar-refractivity contribution in [1.82, 2.24) is 15.5 Å². The number of nitrogens with zero attached hydrogens (tertiary/aromatic N) is 2. The number of hydrogen-bond acceptors (Lipinski definition) is 5. The molecule has 0 atom stereocenters. The Kier molecular flexibility index (Phi) is 13.4. The smallest absolute Gasteiger partial charge is 0.191 e. The number of guanidine groups is 1. The Hall–Kier alpha value is -0.970. The van der Waals surface area contributed by atoms with E-state index in [-0.39, 0.29) is 24.0 Å². The summed E-state index contributed by atoms with van der Waals surface area (Å²) in [5.74, 6) is 2.00. The predicted molar refractivity (Wildman–Crippen MR) is 129 cm³/mol. The first-order chi connectivity index (χ1) is 13.7. The van der Waals surface area contributed by atoms with Crippen LogP contribution in [-0.4, -0.2) is 70.5 Å².